The SMILES string of the molecule is CC(C)(C)OC(=O)NCC(=O)N1CCN(c2cc(F)ccc2F)CC1. The van der Waals surface area contributed by atoms with E-state index in [1.165, 1.54) is 0 Å². The molecule has 0 unspecified atom stereocenters. The number of anilines is 1. The van der Waals surface area contributed by atoms with Crippen LogP contribution < -0.4 is 10.2 Å². The van der Waals surface area contributed by atoms with Crippen LogP contribution >= 0.6 is 0 Å². The van der Waals surface area contributed by atoms with E-state index in [-0.39, 0.29) is 18.1 Å². The molecule has 2 amide bonds. The standard InChI is InChI=1S/C17H23F2N3O3/c1-17(2,3)25-16(24)20-11-15(23)22-8-6-21(7-9-22)14-10-12(18)4-5-13(14)19/h4-5,10H,6-9,11H2,1-3H3,(H,20,24). The van der Waals surface area contributed by atoms with Crippen molar-refractivity contribution in [1.29, 1.82) is 0 Å². The third-order valence-corrected chi connectivity index (χ3v) is 3.66. The van der Waals surface area contributed by atoms with Gasteiger partial charge in [0.1, 0.15) is 23.8 Å². The molecule has 0 aliphatic carbocycles. The molecule has 0 spiro atoms. The number of nitrogens with one attached hydrogen (secondary N) is 1. The zero-order valence-corrected chi connectivity index (χ0v) is 14.6. The van der Waals surface area contributed by atoms with Crippen molar-refractivity contribution in [3.8, 4) is 0 Å². The van der Waals surface area contributed by atoms with Crippen LogP contribution in [-0.2, 0) is 9.53 Å². The molecular weight excluding hydrogens is 332 g/mol. The van der Waals surface area contributed by atoms with Gasteiger partial charge in [-0.15, -0.1) is 0 Å². The largest absolute Gasteiger partial charge is 0.444 e. The fraction of sp³-hybridized carbons (Fsp3) is 0.529. The Balaban J connectivity index is 1.82. The topological polar surface area (TPSA) is 61.9 Å². The number of amides is 2. The van der Waals surface area contributed by atoms with Gasteiger partial charge in [0.05, 0.1) is 5.69 Å². The highest BCUT2D eigenvalue weighted by molar-refractivity contribution is 5.82. The van der Waals surface area contributed by atoms with E-state index >= 15 is 0 Å². The van der Waals surface area contributed by atoms with Crippen molar-refractivity contribution in [2.75, 3.05) is 37.6 Å². The second-order valence-electron chi connectivity index (χ2n) is 6.82. The third-order valence-electron chi connectivity index (χ3n) is 3.66. The summed E-state index contributed by atoms with van der Waals surface area (Å²) in [6.45, 7) is 6.55. The number of rotatable bonds is 3. The van der Waals surface area contributed by atoms with Gasteiger partial charge < -0.3 is 19.9 Å². The number of hydrogen-bond acceptors (Lipinski definition) is 4. The fourth-order valence-corrected chi connectivity index (χ4v) is 2.50. The predicted octanol–water partition coefficient (Wildman–Crippen LogP) is 2.14. The summed E-state index contributed by atoms with van der Waals surface area (Å²) >= 11 is 0. The van der Waals surface area contributed by atoms with E-state index in [0.717, 1.165) is 18.2 Å². The quantitative estimate of drug-likeness (QED) is 0.902. The molecule has 6 nitrogen and oxygen atoms in total. The normalized spacial score (nSPS) is 15.1. The minimum absolute atomic E-state index is 0.163. The first-order chi connectivity index (χ1) is 11.7. The highest BCUT2D eigenvalue weighted by atomic mass is 19.1. The van der Waals surface area contributed by atoms with Gasteiger partial charge in [0.25, 0.3) is 0 Å². The second-order valence-corrected chi connectivity index (χ2v) is 6.82. The average Bonchev–Trinajstić information content (AvgIpc) is 2.53. The Morgan fingerprint density at radius 2 is 1.80 bits per heavy atom. The van der Waals surface area contributed by atoms with Crippen LogP contribution in [0.5, 0.6) is 0 Å². The van der Waals surface area contributed by atoms with Gasteiger partial charge in [0, 0.05) is 32.2 Å². The zero-order chi connectivity index (χ0) is 18.6. The summed E-state index contributed by atoms with van der Waals surface area (Å²) in [6, 6.07) is 3.31. The molecule has 1 aromatic carbocycles. The molecule has 8 heteroatoms. The van der Waals surface area contributed by atoms with E-state index < -0.39 is 23.3 Å². The van der Waals surface area contributed by atoms with E-state index in [2.05, 4.69) is 5.32 Å². The first kappa shape index (κ1) is 19.0. The Labute approximate surface area is 145 Å². The first-order valence-electron chi connectivity index (χ1n) is 8.10. The molecule has 1 aliphatic heterocycles. The summed E-state index contributed by atoms with van der Waals surface area (Å²) in [7, 11) is 0. The molecule has 0 atom stereocenters. The maximum absolute atomic E-state index is 13.8. The average molecular weight is 355 g/mol. The summed E-state index contributed by atoms with van der Waals surface area (Å²) in [5, 5.41) is 2.42. The van der Waals surface area contributed by atoms with E-state index in [0.29, 0.717) is 26.2 Å². The van der Waals surface area contributed by atoms with Crippen molar-refractivity contribution in [3.05, 3.63) is 29.8 Å². The lowest BCUT2D eigenvalue weighted by atomic mass is 10.2. The maximum Gasteiger partial charge on any atom is 0.408 e. The van der Waals surface area contributed by atoms with Crippen molar-refractivity contribution in [3.63, 3.8) is 0 Å². The van der Waals surface area contributed by atoms with Gasteiger partial charge in [-0.2, -0.15) is 0 Å². The van der Waals surface area contributed by atoms with E-state index in [1.807, 2.05) is 0 Å². The van der Waals surface area contributed by atoms with E-state index in [4.69, 9.17) is 4.74 Å². The lowest BCUT2D eigenvalue weighted by molar-refractivity contribution is -0.130. The molecule has 1 aliphatic rings. The second kappa shape index (κ2) is 7.67. The van der Waals surface area contributed by atoms with Crippen LogP contribution in [0.1, 0.15) is 20.8 Å². The maximum atomic E-state index is 13.8. The van der Waals surface area contributed by atoms with Gasteiger partial charge in [-0.05, 0) is 32.9 Å². The highest BCUT2D eigenvalue weighted by Crippen LogP contribution is 2.21. The molecule has 2 rings (SSSR count). The zero-order valence-electron chi connectivity index (χ0n) is 14.6. The summed E-state index contributed by atoms with van der Waals surface area (Å²) in [5.74, 6) is -1.24. The molecule has 1 fully saturated rings. The number of piperazine rings is 1. The van der Waals surface area contributed by atoms with Crippen LogP contribution in [0, 0.1) is 11.6 Å². The fourth-order valence-electron chi connectivity index (χ4n) is 2.50. The van der Waals surface area contributed by atoms with Crippen LogP contribution in [-0.4, -0.2) is 55.2 Å². The number of nitrogens with zero attached hydrogens (tertiary/aromatic N) is 2. The van der Waals surface area contributed by atoms with Crippen LogP contribution in [0.25, 0.3) is 0 Å². The summed E-state index contributed by atoms with van der Waals surface area (Å²) in [4.78, 5) is 27.0. The summed E-state index contributed by atoms with van der Waals surface area (Å²) in [6.07, 6.45) is -0.652. The molecular formula is C17H23F2N3O3. The lowest BCUT2D eigenvalue weighted by Gasteiger charge is -2.36. The third kappa shape index (κ3) is 5.58. The summed E-state index contributed by atoms with van der Waals surface area (Å²) < 4.78 is 32.2. The predicted molar refractivity (Wildman–Crippen MR) is 89.4 cm³/mol. The number of carbonyl (C=O) groups excluding carboxylic acids is 2. The minimum atomic E-state index is -0.652. The van der Waals surface area contributed by atoms with Gasteiger partial charge in [-0.3, -0.25) is 4.79 Å². The Kier molecular flexibility index (Phi) is 5.81. The van der Waals surface area contributed by atoms with E-state index in [9.17, 15) is 18.4 Å². The van der Waals surface area contributed by atoms with Crippen LogP contribution in [0.3, 0.4) is 0 Å². The Hall–Kier alpha value is -2.38. The van der Waals surface area contributed by atoms with Gasteiger partial charge in [0.2, 0.25) is 5.91 Å². The molecule has 25 heavy (non-hydrogen) atoms. The van der Waals surface area contributed by atoms with E-state index in [1.54, 1.807) is 30.6 Å². The number of carbonyl (C=O) groups is 2. The monoisotopic (exact) mass is 355 g/mol. The lowest BCUT2D eigenvalue weighted by Crippen LogP contribution is -2.51. The molecule has 0 aromatic heterocycles. The highest BCUT2D eigenvalue weighted by Gasteiger charge is 2.24. The van der Waals surface area contributed by atoms with Gasteiger partial charge in [-0.1, -0.05) is 0 Å². The van der Waals surface area contributed by atoms with Crippen LogP contribution in [0.4, 0.5) is 19.3 Å². The molecule has 1 heterocycles. The van der Waals surface area contributed by atoms with Gasteiger partial charge in [0.15, 0.2) is 0 Å². The minimum Gasteiger partial charge on any atom is -0.444 e. The number of halogens is 2. The molecule has 1 aromatic rings. The number of hydrogen-bond donors (Lipinski definition) is 1. The summed E-state index contributed by atoms with van der Waals surface area (Å²) in [5.41, 5.74) is -0.438. The van der Waals surface area contributed by atoms with Gasteiger partial charge in [-0.25, -0.2) is 13.6 Å². The van der Waals surface area contributed by atoms with Crippen LogP contribution in [0.2, 0.25) is 0 Å². The van der Waals surface area contributed by atoms with Gasteiger partial charge >= 0.3 is 6.09 Å². The van der Waals surface area contributed by atoms with Crippen molar-refractivity contribution < 1.29 is 23.1 Å². The number of ether oxygens (including phenoxy) is 1. The molecule has 1 N–H and O–H groups in total. The van der Waals surface area contributed by atoms with Crippen molar-refractivity contribution in [1.82, 2.24) is 10.2 Å². The first-order valence-corrected chi connectivity index (χ1v) is 8.10. The Morgan fingerprint density at radius 3 is 2.40 bits per heavy atom. The Bertz CT molecular complexity index is 639. The molecule has 138 valence electrons. The molecule has 0 bridgehead atoms. The van der Waals surface area contributed by atoms with Crippen molar-refractivity contribution in [2.24, 2.45) is 0 Å². The molecule has 0 radical (unpaired) electrons. The van der Waals surface area contributed by atoms with Crippen molar-refractivity contribution in [2.45, 2.75) is 26.4 Å². The van der Waals surface area contributed by atoms with Crippen molar-refractivity contribution >= 4 is 17.7 Å². The number of alkyl carbamates (subject to hydrolysis) is 1. The smallest absolute Gasteiger partial charge is 0.408 e. The Morgan fingerprint density at radius 1 is 1.16 bits per heavy atom. The van der Waals surface area contributed by atoms with Crippen LogP contribution in [0.15, 0.2) is 18.2 Å². The molecule has 0 saturated carbocycles. The molecule has 1 saturated heterocycles. The number of benzene rings is 1.